The van der Waals surface area contributed by atoms with Gasteiger partial charge < -0.3 is 31.0 Å². The summed E-state index contributed by atoms with van der Waals surface area (Å²) in [6, 6.07) is 15.2. The van der Waals surface area contributed by atoms with Gasteiger partial charge in [-0.15, -0.1) is 0 Å². The molecule has 40 heavy (non-hydrogen) atoms. The SMILES string of the molecule is CN(C)C1CCN(C(=O)c2cccc(Nc3nc(Nc4cccc(N)c4)nc4c(CCCCC=O)cnn34)c2)C1. The number of carbonyl (C=O) groups is 2. The normalized spacial score (nSPS) is 15.1. The number of hydrogen-bond donors (Lipinski definition) is 3. The van der Waals surface area contributed by atoms with Crippen LogP contribution in [0.1, 0.15) is 41.6 Å². The van der Waals surface area contributed by atoms with Gasteiger partial charge in [0.1, 0.15) is 6.29 Å². The maximum atomic E-state index is 13.3. The van der Waals surface area contributed by atoms with Crippen LogP contribution in [0.2, 0.25) is 0 Å². The van der Waals surface area contributed by atoms with Gasteiger partial charge in [0.05, 0.1) is 6.20 Å². The number of unbranched alkanes of at least 4 members (excludes halogenated alkanes) is 2. The monoisotopic (exact) mass is 541 g/mol. The van der Waals surface area contributed by atoms with Gasteiger partial charge in [0.2, 0.25) is 11.9 Å². The van der Waals surface area contributed by atoms with Crippen molar-refractivity contribution < 1.29 is 9.59 Å². The Balaban J connectivity index is 1.43. The number of anilines is 5. The lowest BCUT2D eigenvalue weighted by atomic mass is 10.1. The summed E-state index contributed by atoms with van der Waals surface area (Å²) in [5.41, 5.74) is 10.3. The van der Waals surface area contributed by atoms with E-state index in [0.29, 0.717) is 46.9 Å². The summed E-state index contributed by atoms with van der Waals surface area (Å²) in [5, 5.41) is 11.1. The number of nitrogen functional groups attached to an aromatic ring is 1. The van der Waals surface area contributed by atoms with Crippen LogP contribution in [0.15, 0.2) is 54.7 Å². The quantitative estimate of drug-likeness (QED) is 0.147. The second-order valence-corrected chi connectivity index (χ2v) is 10.3. The number of carbonyl (C=O) groups excluding carboxylic acids is 2. The van der Waals surface area contributed by atoms with Gasteiger partial charge in [-0.3, -0.25) is 4.79 Å². The maximum absolute atomic E-state index is 13.3. The smallest absolute Gasteiger partial charge is 0.253 e. The Kier molecular flexibility index (Phi) is 8.20. The molecule has 11 heteroatoms. The molecular weight excluding hydrogens is 506 g/mol. The Morgan fingerprint density at radius 3 is 2.65 bits per heavy atom. The number of amides is 1. The van der Waals surface area contributed by atoms with Crippen molar-refractivity contribution >= 4 is 46.8 Å². The van der Waals surface area contributed by atoms with Gasteiger partial charge in [-0.1, -0.05) is 12.1 Å². The summed E-state index contributed by atoms with van der Waals surface area (Å²) in [7, 11) is 4.10. The molecule has 1 saturated heterocycles. The number of nitrogens with one attached hydrogen (secondary N) is 2. The van der Waals surface area contributed by atoms with Gasteiger partial charge in [-0.05, 0) is 76.2 Å². The highest BCUT2D eigenvalue weighted by Crippen LogP contribution is 2.24. The number of aldehydes is 1. The third kappa shape index (κ3) is 6.20. The zero-order valence-corrected chi connectivity index (χ0v) is 22.9. The van der Waals surface area contributed by atoms with Crippen LogP contribution >= 0.6 is 0 Å². The van der Waals surface area contributed by atoms with E-state index in [1.54, 1.807) is 10.7 Å². The number of nitrogens with two attached hydrogens (primary N) is 1. The molecule has 1 aliphatic rings. The van der Waals surface area contributed by atoms with Crippen molar-refractivity contribution in [1.29, 1.82) is 0 Å². The fraction of sp³-hybridized carbons (Fsp3) is 0.345. The average molecular weight is 542 g/mol. The molecule has 0 radical (unpaired) electrons. The Morgan fingerprint density at radius 1 is 1.10 bits per heavy atom. The minimum atomic E-state index is 0.0153. The van der Waals surface area contributed by atoms with Crippen molar-refractivity contribution in [2.24, 2.45) is 0 Å². The molecule has 0 bridgehead atoms. The van der Waals surface area contributed by atoms with Crippen LogP contribution in [0.5, 0.6) is 0 Å². The molecule has 2 aromatic carbocycles. The van der Waals surface area contributed by atoms with E-state index in [9.17, 15) is 9.59 Å². The first kappa shape index (κ1) is 27.1. The number of rotatable bonds is 11. The van der Waals surface area contributed by atoms with E-state index in [4.69, 9.17) is 15.7 Å². The van der Waals surface area contributed by atoms with E-state index in [-0.39, 0.29) is 5.91 Å². The molecule has 1 fully saturated rings. The van der Waals surface area contributed by atoms with Crippen molar-refractivity contribution in [3.05, 3.63) is 65.9 Å². The van der Waals surface area contributed by atoms with E-state index >= 15 is 0 Å². The van der Waals surface area contributed by atoms with E-state index in [0.717, 1.165) is 56.3 Å². The highest BCUT2D eigenvalue weighted by molar-refractivity contribution is 5.95. The van der Waals surface area contributed by atoms with Crippen LogP contribution < -0.4 is 16.4 Å². The number of benzene rings is 2. The first-order valence-corrected chi connectivity index (χ1v) is 13.5. The minimum absolute atomic E-state index is 0.0153. The van der Waals surface area contributed by atoms with Gasteiger partial charge >= 0.3 is 0 Å². The van der Waals surface area contributed by atoms with Crippen molar-refractivity contribution in [2.45, 2.75) is 38.1 Å². The topological polar surface area (TPSA) is 134 Å². The summed E-state index contributed by atoms with van der Waals surface area (Å²) in [4.78, 5) is 37.5. The van der Waals surface area contributed by atoms with E-state index in [1.807, 2.05) is 67.5 Å². The van der Waals surface area contributed by atoms with Crippen molar-refractivity contribution in [2.75, 3.05) is 43.6 Å². The van der Waals surface area contributed by atoms with Crippen LogP contribution in [0.3, 0.4) is 0 Å². The molecule has 4 aromatic rings. The molecule has 208 valence electrons. The maximum Gasteiger partial charge on any atom is 0.253 e. The minimum Gasteiger partial charge on any atom is -0.399 e. The summed E-state index contributed by atoms with van der Waals surface area (Å²) in [5.74, 6) is 0.852. The highest BCUT2D eigenvalue weighted by Gasteiger charge is 2.28. The molecule has 0 saturated carbocycles. The summed E-state index contributed by atoms with van der Waals surface area (Å²) in [6.45, 7) is 1.46. The van der Waals surface area contributed by atoms with Gasteiger partial charge in [-0.25, -0.2) is 0 Å². The zero-order valence-electron chi connectivity index (χ0n) is 22.9. The van der Waals surface area contributed by atoms with Gasteiger partial charge in [0.25, 0.3) is 5.91 Å². The fourth-order valence-electron chi connectivity index (χ4n) is 4.91. The number of fused-ring (bicyclic) bond motifs is 1. The number of likely N-dealkylation sites (tertiary alicyclic amines) is 1. The number of aryl methyl sites for hydroxylation is 1. The number of aromatic nitrogens is 4. The molecule has 1 unspecified atom stereocenters. The first-order valence-electron chi connectivity index (χ1n) is 13.5. The van der Waals surface area contributed by atoms with E-state index < -0.39 is 0 Å². The molecule has 1 atom stereocenters. The Labute approximate surface area is 233 Å². The zero-order chi connectivity index (χ0) is 28.1. The molecule has 11 nitrogen and oxygen atoms in total. The number of likely N-dealkylation sites (N-methyl/N-ethyl adjacent to an activating group) is 1. The third-order valence-corrected chi connectivity index (χ3v) is 7.15. The molecule has 0 aliphatic carbocycles. The van der Waals surface area contributed by atoms with Gasteiger partial charge in [0, 0.05) is 53.7 Å². The van der Waals surface area contributed by atoms with Gasteiger partial charge in [0.15, 0.2) is 5.65 Å². The third-order valence-electron chi connectivity index (χ3n) is 7.15. The highest BCUT2D eigenvalue weighted by atomic mass is 16.2. The molecule has 4 N–H and O–H groups in total. The second-order valence-electron chi connectivity index (χ2n) is 10.3. The summed E-state index contributed by atoms with van der Waals surface area (Å²) in [6.07, 6.45) is 6.62. The first-order chi connectivity index (χ1) is 19.4. The van der Waals surface area contributed by atoms with Gasteiger partial charge in [-0.2, -0.15) is 19.6 Å². The van der Waals surface area contributed by atoms with Crippen molar-refractivity contribution in [1.82, 2.24) is 29.4 Å². The van der Waals surface area contributed by atoms with Crippen LogP contribution in [0.25, 0.3) is 5.65 Å². The van der Waals surface area contributed by atoms with E-state index in [2.05, 4.69) is 20.6 Å². The molecule has 3 heterocycles. The van der Waals surface area contributed by atoms with Crippen LogP contribution in [-0.4, -0.2) is 74.8 Å². The molecule has 1 aliphatic heterocycles. The molecule has 0 spiro atoms. The van der Waals surface area contributed by atoms with Crippen LogP contribution in [0.4, 0.5) is 29.0 Å². The molecule has 5 rings (SSSR count). The Hall–Kier alpha value is -4.51. The van der Waals surface area contributed by atoms with E-state index in [1.165, 1.54) is 0 Å². The predicted molar refractivity (Wildman–Crippen MR) is 156 cm³/mol. The fourth-order valence-corrected chi connectivity index (χ4v) is 4.91. The number of hydrogen-bond acceptors (Lipinski definition) is 9. The largest absolute Gasteiger partial charge is 0.399 e. The summed E-state index contributed by atoms with van der Waals surface area (Å²) < 4.78 is 1.66. The van der Waals surface area contributed by atoms with Crippen LogP contribution in [-0.2, 0) is 11.2 Å². The lowest BCUT2D eigenvalue weighted by Crippen LogP contribution is -2.34. The standard InChI is InChI=1S/C29H35N9O2/c1-36(2)25-13-14-37(19-25)27(40)20-9-6-11-23(16-20)33-29-35-28(32-24-12-7-10-22(30)17-24)34-26-21(18-31-38(26)29)8-4-3-5-15-39/h6-7,9-12,15-18,25H,3-5,8,13-14,19,30H2,1-2H3,(H2,32,33,34,35). The van der Waals surface area contributed by atoms with Crippen LogP contribution in [0, 0.1) is 0 Å². The number of nitrogens with zero attached hydrogens (tertiary/aromatic N) is 6. The Morgan fingerprint density at radius 2 is 1.90 bits per heavy atom. The molecule has 2 aromatic heterocycles. The Bertz CT molecular complexity index is 1500. The molecular formula is C29H35N9O2. The second kappa shape index (κ2) is 12.1. The van der Waals surface area contributed by atoms with Crippen molar-refractivity contribution in [3.8, 4) is 0 Å². The average Bonchev–Trinajstić information content (AvgIpc) is 3.59. The van der Waals surface area contributed by atoms with Crippen molar-refractivity contribution in [3.63, 3.8) is 0 Å². The molecule has 1 amide bonds. The summed E-state index contributed by atoms with van der Waals surface area (Å²) >= 11 is 0. The predicted octanol–water partition coefficient (Wildman–Crippen LogP) is 3.88. The lowest BCUT2D eigenvalue weighted by Gasteiger charge is -2.20. The lowest BCUT2D eigenvalue weighted by molar-refractivity contribution is -0.107.